The molecule has 0 unspecified atom stereocenters. The molecule has 0 spiro atoms. The molecule has 110 valence electrons. The smallest absolute Gasteiger partial charge is 0.138 e. The van der Waals surface area contributed by atoms with Crippen LogP contribution in [0.15, 0.2) is 12.1 Å². The fraction of sp³-hybridized carbons (Fsp3) is 0.167. The first kappa shape index (κ1) is 15.3. The minimum Gasteiger partial charge on any atom is -0.193 e. The Balaban J connectivity index is 2.91. The average molecular weight is 333 g/mol. The second-order valence-electron chi connectivity index (χ2n) is 5.29. The van der Waals surface area contributed by atoms with Crippen LogP contribution in [0.5, 0.6) is 0 Å². The molecule has 3 aromatic rings. The van der Waals surface area contributed by atoms with Crippen LogP contribution in [-0.4, -0.2) is 0 Å². The molecule has 0 amide bonds. The van der Waals surface area contributed by atoms with Crippen LogP contribution in [0.3, 0.4) is 0 Å². The summed E-state index contributed by atoms with van der Waals surface area (Å²) in [7, 11) is 0. The van der Waals surface area contributed by atoms with Crippen molar-refractivity contribution in [2.45, 2.75) is 20.8 Å². The first-order valence-electron chi connectivity index (χ1n) is 6.89. The third kappa shape index (κ3) is 2.21. The summed E-state index contributed by atoms with van der Waals surface area (Å²) in [5.41, 5.74) is 0.780. The summed E-state index contributed by atoms with van der Waals surface area (Å²) < 4.78 is 1.89. The van der Waals surface area contributed by atoms with Gasteiger partial charge in [-0.15, -0.1) is 22.7 Å². The Hall–Kier alpha value is -2.65. The van der Waals surface area contributed by atoms with E-state index < -0.39 is 0 Å². The molecule has 0 bridgehead atoms. The van der Waals surface area contributed by atoms with E-state index in [2.05, 4.69) is 6.07 Å². The van der Waals surface area contributed by atoms with Gasteiger partial charge in [-0.2, -0.15) is 15.8 Å². The number of fused-ring (bicyclic) bond motifs is 2. The van der Waals surface area contributed by atoms with Crippen LogP contribution >= 0.6 is 22.7 Å². The summed E-state index contributed by atoms with van der Waals surface area (Å²) in [6.07, 6.45) is 0. The molecule has 0 aliphatic carbocycles. The number of aryl methyl sites for hydroxylation is 2. The van der Waals surface area contributed by atoms with Crippen molar-refractivity contribution >= 4 is 54.0 Å². The monoisotopic (exact) mass is 333 g/mol. The molecular weight excluding hydrogens is 322 g/mol. The van der Waals surface area contributed by atoms with Crippen LogP contribution in [0, 0.1) is 47.8 Å². The Morgan fingerprint density at radius 3 is 1.78 bits per heavy atom. The molecule has 0 saturated heterocycles. The SMILES string of the molecule is CC(C#N)=c1c2cc(C)sc2c(=C(C#N)C#N)c2cc(C)sc12. The van der Waals surface area contributed by atoms with Gasteiger partial charge in [0.15, 0.2) is 0 Å². The molecule has 2 heterocycles. The Bertz CT molecular complexity index is 1140. The summed E-state index contributed by atoms with van der Waals surface area (Å²) >= 11 is 3.16. The molecule has 0 radical (unpaired) electrons. The van der Waals surface area contributed by atoms with Crippen molar-refractivity contribution < 1.29 is 0 Å². The molecule has 0 aliphatic rings. The largest absolute Gasteiger partial charge is 0.193 e. The van der Waals surface area contributed by atoms with E-state index in [1.807, 2.05) is 45.0 Å². The molecule has 0 atom stereocenters. The Morgan fingerprint density at radius 2 is 1.30 bits per heavy atom. The van der Waals surface area contributed by atoms with Gasteiger partial charge in [-0.3, -0.25) is 0 Å². The molecule has 0 fully saturated rings. The van der Waals surface area contributed by atoms with Crippen molar-refractivity contribution in [2.24, 2.45) is 0 Å². The molecule has 0 N–H and O–H groups in total. The summed E-state index contributed by atoms with van der Waals surface area (Å²) in [5.74, 6) is 0. The number of rotatable bonds is 0. The lowest BCUT2D eigenvalue weighted by molar-refractivity contribution is 1.50. The lowest BCUT2D eigenvalue weighted by Crippen LogP contribution is -2.15. The average Bonchev–Trinajstić information content (AvgIpc) is 3.08. The normalized spacial score (nSPS) is 11.8. The van der Waals surface area contributed by atoms with E-state index in [4.69, 9.17) is 0 Å². The predicted molar refractivity (Wildman–Crippen MR) is 95.3 cm³/mol. The highest BCUT2D eigenvalue weighted by atomic mass is 32.1. The second-order valence-corrected chi connectivity index (χ2v) is 7.80. The zero-order chi connectivity index (χ0) is 16.7. The van der Waals surface area contributed by atoms with Crippen molar-refractivity contribution in [3.63, 3.8) is 0 Å². The van der Waals surface area contributed by atoms with Crippen molar-refractivity contribution in [1.29, 1.82) is 15.8 Å². The maximum Gasteiger partial charge on any atom is 0.138 e. The molecule has 1 aromatic carbocycles. The summed E-state index contributed by atoms with van der Waals surface area (Å²) in [6, 6.07) is 10.4. The molecule has 5 heteroatoms. The third-order valence-corrected chi connectivity index (χ3v) is 5.86. The van der Waals surface area contributed by atoms with Crippen molar-refractivity contribution in [3.05, 3.63) is 32.3 Å². The number of thiophene rings is 2. The van der Waals surface area contributed by atoms with Crippen LogP contribution in [0.25, 0.3) is 31.3 Å². The molecule has 2 aromatic heterocycles. The first-order chi connectivity index (χ1) is 11.0. The van der Waals surface area contributed by atoms with Gasteiger partial charge in [0, 0.05) is 45.9 Å². The van der Waals surface area contributed by atoms with Gasteiger partial charge in [-0.1, -0.05) is 0 Å². The van der Waals surface area contributed by atoms with Gasteiger partial charge in [0.1, 0.15) is 17.7 Å². The summed E-state index contributed by atoms with van der Waals surface area (Å²) in [5, 5.41) is 31.6. The van der Waals surface area contributed by atoms with Gasteiger partial charge in [0.25, 0.3) is 0 Å². The molecule has 3 nitrogen and oxygen atoms in total. The lowest BCUT2D eigenvalue weighted by atomic mass is 10.0. The van der Waals surface area contributed by atoms with Gasteiger partial charge in [-0.05, 0) is 32.9 Å². The minimum absolute atomic E-state index is 0.126. The number of nitriles is 3. The lowest BCUT2D eigenvalue weighted by Gasteiger charge is -2.00. The van der Waals surface area contributed by atoms with E-state index in [-0.39, 0.29) is 5.57 Å². The van der Waals surface area contributed by atoms with Crippen LogP contribution in [0.1, 0.15) is 16.7 Å². The maximum atomic E-state index is 9.40. The Kier molecular flexibility index (Phi) is 3.66. The van der Waals surface area contributed by atoms with Crippen molar-refractivity contribution in [3.8, 4) is 18.2 Å². The van der Waals surface area contributed by atoms with E-state index in [1.54, 1.807) is 22.7 Å². The van der Waals surface area contributed by atoms with Gasteiger partial charge >= 0.3 is 0 Å². The van der Waals surface area contributed by atoms with Crippen LogP contribution < -0.4 is 10.4 Å². The van der Waals surface area contributed by atoms with Crippen LogP contribution in [-0.2, 0) is 0 Å². The molecule has 0 aliphatic heterocycles. The third-order valence-electron chi connectivity index (χ3n) is 3.72. The highest BCUT2D eigenvalue weighted by Crippen LogP contribution is 2.28. The van der Waals surface area contributed by atoms with E-state index in [0.717, 1.165) is 35.1 Å². The van der Waals surface area contributed by atoms with Gasteiger partial charge < -0.3 is 0 Å². The molecular formula is C18H11N3S2. The van der Waals surface area contributed by atoms with E-state index >= 15 is 0 Å². The molecule has 23 heavy (non-hydrogen) atoms. The topological polar surface area (TPSA) is 71.4 Å². The second kappa shape index (κ2) is 5.52. The highest BCUT2D eigenvalue weighted by molar-refractivity contribution is 7.20. The number of benzene rings is 1. The first-order valence-corrected chi connectivity index (χ1v) is 8.53. The fourth-order valence-corrected chi connectivity index (χ4v) is 5.05. The molecule has 3 rings (SSSR count). The van der Waals surface area contributed by atoms with Crippen LogP contribution in [0.4, 0.5) is 0 Å². The van der Waals surface area contributed by atoms with Crippen molar-refractivity contribution in [1.82, 2.24) is 0 Å². The summed E-state index contributed by atoms with van der Waals surface area (Å²) in [4.78, 5) is 2.19. The van der Waals surface area contributed by atoms with E-state index in [0.29, 0.717) is 10.8 Å². The van der Waals surface area contributed by atoms with E-state index in [9.17, 15) is 15.8 Å². The van der Waals surface area contributed by atoms with Gasteiger partial charge in [0.2, 0.25) is 0 Å². The number of hydrogen-bond acceptors (Lipinski definition) is 5. The zero-order valence-corrected chi connectivity index (χ0v) is 14.4. The number of hydrogen-bond donors (Lipinski definition) is 0. The van der Waals surface area contributed by atoms with Crippen molar-refractivity contribution in [2.75, 3.05) is 0 Å². The fourth-order valence-electron chi connectivity index (χ4n) is 2.83. The molecule has 0 saturated carbocycles. The maximum absolute atomic E-state index is 9.40. The highest BCUT2D eigenvalue weighted by Gasteiger charge is 2.15. The van der Waals surface area contributed by atoms with Gasteiger partial charge in [-0.25, -0.2) is 0 Å². The minimum atomic E-state index is 0.126. The van der Waals surface area contributed by atoms with E-state index in [1.165, 1.54) is 0 Å². The summed E-state index contributed by atoms with van der Waals surface area (Å²) in [6.45, 7) is 5.81. The van der Waals surface area contributed by atoms with Gasteiger partial charge in [0.05, 0.1) is 6.07 Å². The Labute approximate surface area is 141 Å². The predicted octanol–water partition coefficient (Wildman–Crippen LogP) is 3.62. The standard InChI is InChI=1S/C18H11N3S2/c1-9(6-19)15-13-4-10(2)23-18(13)16(12(7-20)8-21)14-5-11(3)22-17(14)15/h4-5H,1-3H3. The number of nitrogens with zero attached hydrogens (tertiary/aromatic N) is 3. The Morgan fingerprint density at radius 1 is 0.826 bits per heavy atom. The van der Waals surface area contributed by atoms with Crippen LogP contribution in [0.2, 0.25) is 0 Å². The zero-order valence-electron chi connectivity index (χ0n) is 12.8. The quantitative estimate of drug-likeness (QED) is 0.631.